The van der Waals surface area contributed by atoms with E-state index in [-0.39, 0.29) is 15.9 Å². The van der Waals surface area contributed by atoms with Gasteiger partial charge in [-0.3, -0.25) is 0 Å². The van der Waals surface area contributed by atoms with E-state index in [1.54, 1.807) is 30.6 Å². The first-order valence-electron chi connectivity index (χ1n) is 11.3. The minimum atomic E-state index is -3.88. The maximum Gasteiger partial charge on any atom is 0.265 e. The van der Waals surface area contributed by atoms with Crippen molar-refractivity contribution in [1.29, 1.82) is 0 Å². The molecule has 1 saturated carbocycles. The Kier molecular flexibility index (Phi) is 7.94. The van der Waals surface area contributed by atoms with Crippen molar-refractivity contribution in [3.8, 4) is 0 Å². The standard InChI is InChI=1S/C24H28ClN7O2S/c1-32(2)20-11-9-19(10-12-20)30-23-26-13-17(14-27-23)7-8-18-15-28-24(29-16-18)31-35(33,34)22-6-4-3-5-21(22)25/h3-8,13-16,19-20H,9-12H2,1-2H3,(H,26,27,30)(H,28,29,31)/t19-,20-. The van der Waals surface area contributed by atoms with Crippen LogP contribution in [-0.2, 0) is 10.0 Å². The highest BCUT2D eigenvalue weighted by atomic mass is 35.5. The number of hydrogen-bond donors (Lipinski definition) is 2. The zero-order valence-electron chi connectivity index (χ0n) is 19.6. The fourth-order valence-electron chi connectivity index (χ4n) is 3.92. The third kappa shape index (κ3) is 6.74. The van der Waals surface area contributed by atoms with Crippen LogP contribution >= 0.6 is 11.6 Å². The van der Waals surface area contributed by atoms with Crippen molar-refractivity contribution in [2.75, 3.05) is 24.1 Å². The van der Waals surface area contributed by atoms with Gasteiger partial charge in [-0.2, -0.15) is 0 Å². The first kappa shape index (κ1) is 25.0. The van der Waals surface area contributed by atoms with Crippen LogP contribution in [0.4, 0.5) is 11.9 Å². The molecule has 0 atom stereocenters. The van der Waals surface area contributed by atoms with E-state index in [0.29, 0.717) is 23.6 Å². The third-order valence-corrected chi connectivity index (χ3v) is 7.75. The van der Waals surface area contributed by atoms with Gasteiger partial charge in [0.1, 0.15) is 4.90 Å². The Labute approximate surface area is 210 Å². The van der Waals surface area contributed by atoms with Gasteiger partial charge in [0.05, 0.1) is 5.02 Å². The van der Waals surface area contributed by atoms with Crippen LogP contribution in [0.2, 0.25) is 5.02 Å². The van der Waals surface area contributed by atoms with E-state index in [0.717, 1.165) is 18.4 Å². The van der Waals surface area contributed by atoms with Gasteiger partial charge >= 0.3 is 0 Å². The lowest BCUT2D eigenvalue weighted by Crippen LogP contribution is -2.36. The van der Waals surface area contributed by atoms with Gasteiger partial charge in [0, 0.05) is 48.0 Å². The molecule has 1 aromatic carbocycles. The van der Waals surface area contributed by atoms with Crippen LogP contribution in [-0.4, -0.2) is 59.4 Å². The van der Waals surface area contributed by atoms with E-state index in [1.165, 1.54) is 37.4 Å². The summed E-state index contributed by atoms with van der Waals surface area (Å²) >= 11 is 5.99. The predicted molar refractivity (Wildman–Crippen MR) is 139 cm³/mol. The lowest BCUT2D eigenvalue weighted by Gasteiger charge is -2.32. The summed E-state index contributed by atoms with van der Waals surface area (Å²) in [5.41, 5.74) is 1.53. The second kappa shape index (κ2) is 11.1. The highest BCUT2D eigenvalue weighted by Gasteiger charge is 2.22. The molecule has 9 nitrogen and oxygen atoms in total. The zero-order chi connectivity index (χ0) is 24.8. The number of nitrogens with zero attached hydrogens (tertiary/aromatic N) is 5. The molecule has 2 aromatic heterocycles. The molecule has 1 aliphatic rings. The summed E-state index contributed by atoms with van der Waals surface area (Å²) in [6, 6.07) is 7.23. The summed E-state index contributed by atoms with van der Waals surface area (Å²) in [6.07, 6.45) is 14.8. The summed E-state index contributed by atoms with van der Waals surface area (Å²) in [5.74, 6) is 0.592. The Balaban J connectivity index is 1.32. The number of rotatable bonds is 8. The van der Waals surface area contributed by atoms with Crippen LogP contribution < -0.4 is 10.0 Å². The van der Waals surface area contributed by atoms with Crippen molar-refractivity contribution in [2.24, 2.45) is 0 Å². The quantitative estimate of drug-likeness (QED) is 0.461. The van der Waals surface area contributed by atoms with Crippen molar-refractivity contribution in [3.05, 3.63) is 65.2 Å². The topological polar surface area (TPSA) is 113 Å². The number of benzene rings is 1. The van der Waals surface area contributed by atoms with E-state index < -0.39 is 10.0 Å². The van der Waals surface area contributed by atoms with Crippen LogP contribution in [0.1, 0.15) is 36.8 Å². The van der Waals surface area contributed by atoms with Crippen LogP contribution in [0.15, 0.2) is 53.9 Å². The van der Waals surface area contributed by atoms with E-state index in [4.69, 9.17) is 11.6 Å². The molecule has 2 heterocycles. The maximum absolute atomic E-state index is 12.5. The molecule has 3 aromatic rings. The van der Waals surface area contributed by atoms with Gasteiger partial charge in [-0.25, -0.2) is 33.1 Å². The molecule has 0 radical (unpaired) electrons. The predicted octanol–water partition coefficient (Wildman–Crippen LogP) is 4.18. The number of hydrogen-bond acceptors (Lipinski definition) is 8. The highest BCUT2D eigenvalue weighted by molar-refractivity contribution is 7.92. The molecule has 11 heteroatoms. The molecule has 184 valence electrons. The molecule has 0 unspecified atom stereocenters. The number of aromatic nitrogens is 4. The molecular formula is C24H28ClN7O2S. The smallest absolute Gasteiger partial charge is 0.265 e. The fraction of sp³-hybridized carbons (Fsp3) is 0.333. The van der Waals surface area contributed by atoms with Crippen LogP contribution in [0.5, 0.6) is 0 Å². The van der Waals surface area contributed by atoms with Gasteiger partial charge in [0.15, 0.2) is 0 Å². The highest BCUT2D eigenvalue weighted by Crippen LogP contribution is 2.24. The van der Waals surface area contributed by atoms with Crippen LogP contribution in [0.25, 0.3) is 12.2 Å². The third-order valence-electron chi connectivity index (χ3n) is 5.92. The number of halogens is 1. The van der Waals surface area contributed by atoms with Gasteiger partial charge in [-0.05, 0) is 51.9 Å². The second-order valence-corrected chi connectivity index (χ2v) is 10.7. The first-order valence-corrected chi connectivity index (χ1v) is 13.2. The maximum atomic E-state index is 12.5. The Morgan fingerprint density at radius 1 is 0.886 bits per heavy atom. The molecule has 0 aliphatic heterocycles. The monoisotopic (exact) mass is 513 g/mol. The second-order valence-electron chi connectivity index (χ2n) is 8.66. The minimum Gasteiger partial charge on any atom is -0.351 e. The number of anilines is 2. The van der Waals surface area contributed by atoms with Gasteiger partial charge in [0.25, 0.3) is 10.0 Å². The van der Waals surface area contributed by atoms with E-state index in [1.807, 2.05) is 6.08 Å². The summed E-state index contributed by atoms with van der Waals surface area (Å²) in [7, 11) is 0.390. The molecule has 2 N–H and O–H groups in total. The molecule has 35 heavy (non-hydrogen) atoms. The molecule has 0 spiro atoms. The van der Waals surface area contributed by atoms with Crippen molar-refractivity contribution in [2.45, 2.75) is 42.7 Å². The summed E-state index contributed by atoms with van der Waals surface area (Å²) in [6.45, 7) is 0. The lowest BCUT2D eigenvalue weighted by atomic mass is 9.91. The van der Waals surface area contributed by atoms with Crippen LogP contribution in [0.3, 0.4) is 0 Å². The van der Waals surface area contributed by atoms with Gasteiger partial charge < -0.3 is 10.2 Å². The van der Waals surface area contributed by atoms with Crippen molar-refractivity contribution in [3.63, 3.8) is 0 Å². The average Bonchev–Trinajstić information content (AvgIpc) is 2.85. The molecular weight excluding hydrogens is 486 g/mol. The average molecular weight is 514 g/mol. The minimum absolute atomic E-state index is 0.0339. The van der Waals surface area contributed by atoms with E-state index in [2.05, 4.69) is 49.0 Å². The van der Waals surface area contributed by atoms with E-state index >= 15 is 0 Å². The Bertz CT molecular complexity index is 1260. The van der Waals surface area contributed by atoms with Crippen molar-refractivity contribution < 1.29 is 8.42 Å². The largest absolute Gasteiger partial charge is 0.351 e. The first-order chi connectivity index (χ1) is 16.8. The summed E-state index contributed by atoms with van der Waals surface area (Å²) in [5, 5.41) is 3.56. The van der Waals surface area contributed by atoms with E-state index in [9.17, 15) is 8.42 Å². The van der Waals surface area contributed by atoms with Gasteiger partial charge in [0.2, 0.25) is 11.9 Å². The Hall–Kier alpha value is -3.08. The van der Waals surface area contributed by atoms with Gasteiger partial charge in [-0.1, -0.05) is 35.9 Å². The molecule has 0 saturated heterocycles. The summed E-state index contributed by atoms with van der Waals surface area (Å²) < 4.78 is 27.3. The zero-order valence-corrected chi connectivity index (χ0v) is 21.2. The number of sulfonamides is 1. The SMILES string of the molecule is CN(C)[C@H]1CC[C@H](Nc2ncc(C=Cc3cnc(NS(=O)(=O)c4ccccc4Cl)nc3)cn2)CC1. The van der Waals surface area contributed by atoms with Gasteiger partial charge in [-0.15, -0.1) is 0 Å². The molecule has 1 fully saturated rings. The lowest BCUT2D eigenvalue weighted by molar-refractivity contribution is 0.221. The van der Waals surface area contributed by atoms with Crippen molar-refractivity contribution in [1.82, 2.24) is 24.8 Å². The molecule has 4 rings (SSSR count). The summed E-state index contributed by atoms with van der Waals surface area (Å²) in [4.78, 5) is 19.3. The normalized spacial score (nSPS) is 18.6. The Morgan fingerprint density at radius 3 is 1.97 bits per heavy atom. The number of nitrogens with one attached hydrogen (secondary N) is 2. The molecule has 0 amide bonds. The van der Waals surface area contributed by atoms with Crippen molar-refractivity contribution >= 4 is 45.7 Å². The van der Waals surface area contributed by atoms with Crippen LogP contribution in [0, 0.1) is 0 Å². The molecule has 1 aliphatic carbocycles. The fourth-order valence-corrected chi connectivity index (χ4v) is 5.40. The Morgan fingerprint density at radius 2 is 1.43 bits per heavy atom. The molecule has 0 bridgehead atoms.